The Morgan fingerprint density at radius 2 is 0.798 bits per heavy atom. The molecule has 0 aromatic heterocycles. The molecule has 8 atom stereocenters. The van der Waals surface area contributed by atoms with E-state index in [4.69, 9.17) is 65.4 Å². The molecule has 10 rings (SSSR count). The second-order valence-electron chi connectivity index (χ2n) is 21.1. The van der Waals surface area contributed by atoms with Crippen molar-refractivity contribution in [2.45, 2.75) is 113 Å². The Kier molecular flexibility index (Phi) is 20.8. The van der Waals surface area contributed by atoms with Crippen LogP contribution in [0, 0.1) is 11.6 Å². The van der Waals surface area contributed by atoms with E-state index in [0.717, 1.165) is 33.4 Å². The van der Waals surface area contributed by atoms with Crippen LogP contribution in [0.2, 0.25) is 20.1 Å². The zero-order valence-corrected chi connectivity index (χ0v) is 49.0. The summed E-state index contributed by atoms with van der Waals surface area (Å²) in [7, 11) is 0. The summed E-state index contributed by atoms with van der Waals surface area (Å²) >= 11 is 24.9. The highest BCUT2D eigenvalue weighted by Gasteiger charge is 2.52. The zero-order valence-electron chi connectivity index (χ0n) is 46.0. The third-order valence-corrected chi connectivity index (χ3v) is 16.5. The average molecular weight is 1230 g/mol. The fourth-order valence-corrected chi connectivity index (χ4v) is 11.8. The summed E-state index contributed by atoms with van der Waals surface area (Å²) in [6.07, 6.45) is -1.40. The molecule has 0 saturated carbocycles. The maximum atomic E-state index is 14.4. The topological polar surface area (TPSA) is 152 Å². The Labute approximate surface area is 506 Å². The van der Waals surface area contributed by atoms with E-state index in [-0.39, 0.29) is 86.5 Å². The third-order valence-electron chi connectivity index (χ3n) is 15.5. The molecule has 0 bridgehead atoms. The first-order chi connectivity index (χ1) is 40.6. The molecule has 6 aromatic carbocycles. The van der Waals surface area contributed by atoms with E-state index in [1.165, 1.54) is 24.3 Å². The van der Waals surface area contributed by atoms with Gasteiger partial charge in [-0.15, -0.1) is 0 Å². The Balaban J connectivity index is 0.000000202. The number of rotatable bonds is 20. The van der Waals surface area contributed by atoms with Gasteiger partial charge in [0.15, 0.2) is 0 Å². The van der Waals surface area contributed by atoms with Crippen molar-refractivity contribution in [2.24, 2.45) is 0 Å². The number of amides is 4. The van der Waals surface area contributed by atoms with Crippen molar-refractivity contribution in [2.75, 3.05) is 26.2 Å². The van der Waals surface area contributed by atoms with Gasteiger partial charge in [0.05, 0.1) is 38.3 Å². The zero-order chi connectivity index (χ0) is 59.6. The van der Waals surface area contributed by atoms with Gasteiger partial charge in [-0.2, -0.15) is 0 Å². The number of carbonyl (C=O) groups excluding carboxylic acids is 6. The van der Waals surface area contributed by atoms with Crippen molar-refractivity contribution in [1.29, 1.82) is 0 Å². The van der Waals surface area contributed by atoms with Gasteiger partial charge in [0.2, 0.25) is 11.8 Å². The Hall–Kier alpha value is -6.92. The van der Waals surface area contributed by atoms with Crippen LogP contribution in [0.4, 0.5) is 8.78 Å². The number of likely N-dealkylation sites (tertiary alicyclic amines) is 2. The van der Waals surface area contributed by atoms with Crippen LogP contribution in [-0.2, 0) is 60.6 Å². The summed E-state index contributed by atoms with van der Waals surface area (Å²) in [6.45, 7) is 5.75. The van der Waals surface area contributed by atoms with Gasteiger partial charge in [0.25, 0.3) is 24.8 Å². The second-order valence-corrected chi connectivity index (χ2v) is 22.9. The second kappa shape index (κ2) is 28.3. The fourth-order valence-electron chi connectivity index (χ4n) is 11.3. The van der Waals surface area contributed by atoms with Crippen LogP contribution in [0.3, 0.4) is 0 Å². The average Bonchev–Trinajstić information content (AvgIpc) is 1.37. The number of carbonyl (C=O) groups is 6. The van der Waals surface area contributed by atoms with Crippen molar-refractivity contribution in [3.8, 4) is 0 Å². The lowest BCUT2D eigenvalue weighted by Crippen LogP contribution is -2.63. The quantitative estimate of drug-likeness (QED) is 0.0675. The Morgan fingerprint density at radius 3 is 1.08 bits per heavy atom. The van der Waals surface area contributed by atoms with Crippen molar-refractivity contribution >= 4 is 83.0 Å². The van der Waals surface area contributed by atoms with Crippen molar-refractivity contribution in [3.05, 3.63) is 211 Å². The molecule has 4 fully saturated rings. The lowest BCUT2D eigenvalue weighted by molar-refractivity contribution is -0.185. The molecule has 0 spiro atoms. The van der Waals surface area contributed by atoms with Gasteiger partial charge in [0, 0.05) is 32.9 Å². The maximum Gasteiger partial charge on any atom is 0.293 e. The molecule has 4 amide bonds. The minimum Gasteiger partial charge on any atom is -0.461 e. The van der Waals surface area contributed by atoms with E-state index >= 15 is 0 Å². The van der Waals surface area contributed by atoms with E-state index in [0.29, 0.717) is 58.7 Å². The predicted octanol–water partition coefficient (Wildman–Crippen LogP) is 11.9. The number of hydrogen-bond donors (Lipinski definition) is 0. The van der Waals surface area contributed by atoms with Gasteiger partial charge in [-0.25, -0.2) is 8.78 Å². The molecule has 4 aliphatic rings. The molecule has 0 N–H and O–H groups in total. The summed E-state index contributed by atoms with van der Waals surface area (Å²) < 4.78 is 50.6. The normalized spacial score (nSPS) is 21.5. The molecule has 4 aliphatic heterocycles. The van der Waals surface area contributed by atoms with Crippen LogP contribution in [0.1, 0.15) is 97.2 Å². The molecule has 0 radical (unpaired) electrons. The van der Waals surface area contributed by atoms with Gasteiger partial charge in [-0.1, -0.05) is 146 Å². The highest BCUT2D eigenvalue weighted by atomic mass is 35.5. The Bertz CT molecular complexity index is 3010. The molecule has 14 nitrogen and oxygen atoms in total. The summed E-state index contributed by atoms with van der Waals surface area (Å²) in [4.78, 5) is 85.0. The summed E-state index contributed by atoms with van der Waals surface area (Å²) in [6, 6.07) is 37.8. The van der Waals surface area contributed by atoms with Crippen LogP contribution in [0.25, 0.3) is 0 Å². The van der Waals surface area contributed by atoms with Crippen molar-refractivity contribution < 1.29 is 56.5 Å². The standard InChI is InChI=1S/2C32H31Cl2FN2O5/c2*1-2-3-27(31(39)36-17-26(18-36)41-19-38)37-29(21-6-10-23(33)11-7-21)30(22-8-12-24(34)13-9-22)42-28(32(37)40)16-20-4-14-25(35)15-5-20/h2*4-15,19,26-30H,2-3,16-18H2,1H3/t2*27-,28+,29-,30+/m10/s1. The number of nitrogens with zero attached hydrogens (tertiary/aromatic N) is 4. The third kappa shape index (κ3) is 14.4. The number of halogens is 6. The summed E-state index contributed by atoms with van der Waals surface area (Å²) in [5.41, 5.74) is 4.54. The highest BCUT2D eigenvalue weighted by Crippen LogP contribution is 2.47. The van der Waals surface area contributed by atoms with E-state index in [1.807, 2.05) is 62.4 Å². The van der Waals surface area contributed by atoms with Crippen LogP contribution in [0.5, 0.6) is 0 Å². The van der Waals surface area contributed by atoms with Crippen LogP contribution < -0.4 is 0 Å². The lowest BCUT2D eigenvalue weighted by Gasteiger charge is -2.49. The van der Waals surface area contributed by atoms with Gasteiger partial charge < -0.3 is 38.5 Å². The number of morpholine rings is 2. The van der Waals surface area contributed by atoms with E-state index in [1.54, 1.807) is 92.4 Å². The Morgan fingerprint density at radius 1 is 0.500 bits per heavy atom. The maximum absolute atomic E-state index is 14.4. The lowest BCUT2D eigenvalue weighted by atomic mass is 9.88. The predicted molar refractivity (Wildman–Crippen MR) is 313 cm³/mol. The highest BCUT2D eigenvalue weighted by molar-refractivity contribution is 6.31. The fraction of sp³-hybridized carbons (Fsp3) is 0.344. The minimum absolute atomic E-state index is 0.193. The number of benzene rings is 6. The van der Waals surface area contributed by atoms with Crippen LogP contribution in [0.15, 0.2) is 146 Å². The van der Waals surface area contributed by atoms with Crippen LogP contribution in [-0.4, -0.2) is 119 Å². The summed E-state index contributed by atoms with van der Waals surface area (Å²) in [5, 5.41) is 2.18. The van der Waals surface area contributed by atoms with E-state index in [2.05, 4.69) is 0 Å². The molecular formula is C64H62Cl4F2N4O10. The van der Waals surface area contributed by atoms with Crippen molar-refractivity contribution in [3.63, 3.8) is 0 Å². The van der Waals surface area contributed by atoms with Gasteiger partial charge in [0.1, 0.15) is 60.3 Å². The SMILES string of the molecule is CCC[C@@H](C(=O)N1CC(OC=O)C1)N1C(=O)[C@@H](Cc2ccc(F)cc2)O[C@H](c2ccc(Cl)cc2)[C@@H]1c1ccc(Cl)cc1.CCC[C@H](C(=O)N1CC(OC=O)C1)N1C(=O)[C@H](Cc2ccc(F)cc2)O[C@@H](c2ccc(Cl)cc2)[C@H]1c1ccc(Cl)cc1. The first-order valence-electron chi connectivity index (χ1n) is 27.8. The molecule has 4 saturated heterocycles. The first-order valence-corrected chi connectivity index (χ1v) is 29.3. The van der Waals surface area contributed by atoms with Gasteiger partial charge in [-0.05, 0) is 119 Å². The van der Waals surface area contributed by atoms with Crippen LogP contribution >= 0.6 is 46.4 Å². The summed E-state index contributed by atoms with van der Waals surface area (Å²) in [5.74, 6) is -1.86. The smallest absolute Gasteiger partial charge is 0.293 e. The number of ether oxygens (including phenoxy) is 4. The molecule has 440 valence electrons. The molecule has 4 heterocycles. The molecule has 6 aromatic rings. The molecule has 0 unspecified atom stereocenters. The molecular weight excluding hydrogens is 1160 g/mol. The van der Waals surface area contributed by atoms with Gasteiger partial charge in [-0.3, -0.25) is 28.8 Å². The van der Waals surface area contributed by atoms with Crippen molar-refractivity contribution in [1.82, 2.24) is 19.6 Å². The largest absolute Gasteiger partial charge is 0.461 e. The minimum atomic E-state index is -0.936. The monoisotopic (exact) mass is 1220 g/mol. The molecule has 20 heteroatoms. The first kappa shape index (κ1) is 61.6. The molecule has 0 aliphatic carbocycles. The van der Waals surface area contributed by atoms with Gasteiger partial charge >= 0.3 is 0 Å². The van der Waals surface area contributed by atoms with E-state index < -0.39 is 48.6 Å². The van der Waals surface area contributed by atoms with E-state index in [9.17, 15) is 37.5 Å². The number of hydrogen-bond acceptors (Lipinski definition) is 10. The molecule has 84 heavy (non-hydrogen) atoms.